The van der Waals surface area contributed by atoms with Gasteiger partial charge >= 0.3 is 0 Å². The van der Waals surface area contributed by atoms with Gasteiger partial charge in [0, 0.05) is 12.1 Å². The van der Waals surface area contributed by atoms with Crippen molar-refractivity contribution in [1.29, 1.82) is 0 Å². The van der Waals surface area contributed by atoms with Crippen molar-refractivity contribution in [3.8, 4) is 5.75 Å². The summed E-state index contributed by atoms with van der Waals surface area (Å²) < 4.78 is 30.7. The summed E-state index contributed by atoms with van der Waals surface area (Å²) in [6, 6.07) is 1.84. The fourth-order valence-corrected chi connectivity index (χ4v) is 1.00. The summed E-state index contributed by atoms with van der Waals surface area (Å²) in [6.07, 6.45) is -0.170. The SMILES string of the molecule is CC(C)Oc1cc(Cl)c(F)cc1F. The lowest BCUT2D eigenvalue weighted by molar-refractivity contribution is 0.230. The van der Waals surface area contributed by atoms with Crippen LogP contribution in [0.4, 0.5) is 8.78 Å². The molecule has 13 heavy (non-hydrogen) atoms. The van der Waals surface area contributed by atoms with Crippen LogP contribution in [0.15, 0.2) is 12.1 Å². The summed E-state index contributed by atoms with van der Waals surface area (Å²) >= 11 is 5.45. The molecule has 0 aliphatic heterocycles. The van der Waals surface area contributed by atoms with Crippen LogP contribution in [-0.4, -0.2) is 6.10 Å². The average molecular weight is 207 g/mol. The Kier molecular flexibility index (Phi) is 3.09. The Balaban J connectivity index is 3.01. The quantitative estimate of drug-likeness (QED) is 0.674. The van der Waals surface area contributed by atoms with E-state index in [0.717, 1.165) is 6.07 Å². The lowest BCUT2D eigenvalue weighted by atomic mass is 10.3. The van der Waals surface area contributed by atoms with E-state index in [9.17, 15) is 8.78 Å². The van der Waals surface area contributed by atoms with Crippen molar-refractivity contribution in [3.05, 3.63) is 28.8 Å². The van der Waals surface area contributed by atoms with E-state index in [4.69, 9.17) is 16.3 Å². The van der Waals surface area contributed by atoms with Crippen molar-refractivity contribution in [2.45, 2.75) is 20.0 Å². The summed E-state index contributed by atoms with van der Waals surface area (Å²) in [5.74, 6) is -1.55. The van der Waals surface area contributed by atoms with Crippen LogP contribution in [0.5, 0.6) is 5.75 Å². The molecule has 0 aromatic heterocycles. The Hall–Kier alpha value is -0.830. The normalized spacial score (nSPS) is 10.6. The van der Waals surface area contributed by atoms with Gasteiger partial charge in [-0.1, -0.05) is 11.6 Å². The molecule has 0 saturated heterocycles. The second kappa shape index (κ2) is 3.92. The zero-order valence-electron chi connectivity index (χ0n) is 7.27. The van der Waals surface area contributed by atoms with Crippen molar-refractivity contribution >= 4 is 11.6 Å². The third kappa shape index (κ3) is 2.56. The van der Waals surface area contributed by atoms with E-state index in [1.54, 1.807) is 13.8 Å². The molecule has 4 heteroatoms. The fraction of sp³-hybridized carbons (Fsp3) is 0.333. The first-order valence-corrected chi connectivity index (χ1v) is 4.19. The van der Waals surface area contributed by atoms with Gasteiger partial charge in [-0.3, -0.25) is 0 Å². The van der Waals surface area contributed by atoms with E-state index in [1.165, 1.54) is 0 Å². The molecular weight excluding hydrogens is 198 g/mol. The molecule has 1 aromatic carbocycles. The Labute approximate surface area is 80.3 Å². The number of hydrogen-bond donors (Lipinski definition) is 0. The molecule has 0 saturated carbocycles. The van der Waals surface area contributed by atoms with Crippen LogP contribution >= 0.6 is 11.6 Å². The molecule has 0 fully saturated rings. The first-order valence-electron chi connectivity index (χ1n) is 3.82. The maximum Gasteiger partial charge on any atom is 0.168 e. The van der Waals surface area contributed by atoms with Gasteiger partial charge in [0.1, 0.15) is 5.82 Å². The lowest BCUT2D eigenvalue weighted by Crippen LogP contribution is -2.07. The van der Waals surface area contributed by atoms with E-state index in [0.29, 0.717) is 6.07 Å². The predicted molar refractivity (Wildman–Crippen MR) is 47.1 cm³/mol. The molecule has 1 aromatic rings. The summed E-state index contributed by atoms with van der Waals surface area (Å²) in [5, 5.41) is -0.142. The zero-order valence-corrected chi connectivity index (χ0v) is 8.03. The van der Waals surface area contributed by atoms with Crippen LogP contribution < -0.4 is 4.74 Å². The zero-order chi connectivity index (χ0) is 10.0. The molecule has 1 rings (SSSR count). The molecular formula is C9H9ClF2O. The molecule has 0 aliphatic carbocycles. The Bertz CT molecular complexity index is 313. The van der Waals surface area contributed by atoms with Gasteiger partial charge in [0.05, 0.1) is 11.1 Å². The minimum absolute atomic E-state index is 0.0265. The molecule has 0 amide bonds. The third-order valence-electron chi connectivity index (χ3n) is 1.34. The van der Waals surface area contributed by atoms with E-state index < -0.39 is 11.6 Å². The lowest BCUT2D eigenvalue weighted by Gasteiger charge is -2.10. The van der Waals surface area contributed by atoms with Crippen LogP contribution in [-0.2, 0) is 0 Å². The van der Waals surface area contributed by atoms with Crippen molar-refractivity contribution in [3.63, 3.8) is 0 Å². The van der Waals surface area contributed by atoms with Gasteiger partial charge in [-0.25, -0.2) is 8.78 Å². The highest BCUT2D eigenvalue weighted by atomic mass is 35.5. The van der Waals surface area contributed by atoms with Gasteiger partial charge < -0.3 is 4.74 Å². The largest absolute Gasteiger partial charge is 0.488 e. The number of rotatable bonds is 2. The molecule has 0 atom stereocenters. The van der Waals surface area contributed by atoms with E-state index >= 15 is 0 Å². The first kappa shape index (κ1) is 10.3. The van der Waals surface area contributed by atoms with Crippen molar-refractivity contribution in [2.75, 3.05) is 0 Å². The van der Waals surface area contributed by atoms with Gasteiger partial charge in [-0.2, -0.15) is 0 Å². The topological polar surface area (TPSA) is 9.23 Å². The third-order valence-corrected chi connectivity index (χ3v) is 1.63. The van der Waals surface area contributed by atoms with Gasteiger partial charge in [-0.15, -0.1) is 0 Å². The molecule has 0 bridgehead atoms. The van der Waals surface area contributed by atoms with Crippen LogP contribution in [0.3, 0.4) is 0 Å². The molecule has 1 nitrogen and oxygen atoms in total. The molecule has 0 spiro atoms. The maximum absolute atomic E-state index is 13.0. The van der Waals surface area contributed by atoms with Crippen molar-refractivity contribution < 1.29 is 13.5 Å². The Morgan fingerprint density at radius 2 is 1.85 bits per heavy atom. The second-order valence-corrected chi connectivity index (χ2v) is 3.27. The molecule has 0 heterocycles. The smallest absolute Gasteiger partial charge is 0.168 e. The number of ether oxygens (including phenoxy) is 1. The summed E-state index contributed by atoms with van der Waals surface area (Å²) in [4.78, 5) is 0. The minimum Gasteiger partial charge on any atom is -0.488 e. The second-order valence-electron chi connectivity index (χ2n) is 2.86. The first-order chi connectivity index (χ1) is 6.00. The molecule has 0 unspecified atom stereocenters. The van der Waals surface area contributed by atoms with Crippen LogP contribution in [0, 0.1) is 11.6 Å². The number of hydrogen-bond acceptors (Lipinski definition) is 1. The van der Waals surface area contributed by atoms with Gasteiger partial charge in [-0.05, 0) is 13.8 Å². The highest BCUT2D eigenvalue weighted by molar-refractivity contribution is 6.30. The number of benzene rings is 1. The number of halogens is 3. The minimum atomic E-state index is -0.782. The molecule has 0 radical (unpaired) electrons. The monoisotopic (exact) mass is 206 g/mol. The molecule has 0 N–H and O–H groups in total. The maximum atomic E-state index is 13.0. The average Bonchev–Trinajstić information content (AvgIpc) is 1.99. The highest BCUT2D eigenvalue weighted by Gasteiger charge is 2.10. The van der Waals surface area contributed by atoms with Gasteiger partial charge in [0.2, 0.25) is 0 Å². The fourth-order valence-electron chi connectivity index (χ4n) is 0.849. The standard InChI is InChI=1S/C9H9ClF2O/c1-5(2)13-9-3-6(10)7(11)4-8(9)12/h3-5H,1-2H3. The molecule has 0 aliphatic rings. The predicted octanol–water partition coefficient (Wildman–Crippen LogP) is 3.41. The summed E-state index contributed by atoms with van der Waals surface area (Å²) in [7, 11) is 0. The van der Waals surface area contributed by atoms with Gasteiger partial charge in [0.25, 0.3) is 0 Å². The van der Waals surface area contributed by atoms with Gasteiger partial charge in [0.15, 0.2) is 11.6 Å². The van der Waals surface area contributed by atoms with E-state index in [2.05, 4.69) is 0 Å². The van der Waals surface area contributed by atoms with Crippen LogP contribution in [0.1, 0.15) is 13.8 Å². The summed E-state index contributed by atoms with van der Waals surface area (Å²) in [6.45, 7) is 3.49. The van der Waals surface area contributed by atoms with Crippen molar-refractivity contribution in [2.24, 2.45) is 0 Å². The highest BCUT2D eigenvalue weighted by Crippen LogP contribution is 2.25. The van der Waals surface area contributed by atoms with E-state index in [-0.39, 0.29) is 16.9 Å². The summed E-state index contributed by atoms with van der Waals surface area (Å²) in [5.41, 5.74) is 0. The van der Waals surface area contributed by atoms with Crippen molar-refractivity contribution in [1.82, 2.24) is 0 Å². The Morgan fingerprint density at radius 3 is 2.38 bits per heavy atom. The van der Waals surface area contributed by atoms with E-state index in [1.807, 2.05) is 0 Å². The van der Waals surface area contributed by atoms with Crippen LogP contribution in [0.25, 0.3) is 0 Å². The molecule has 72 valence electrons. The Morgan fingerprint density at radius 1 is 1.23 bits per heavy atom. The van der Waals surface area contributed by atoms with Crippen LogP contribution in [0.2, 0.25) is 5.02 Å².